The molecule has 3 rings (SSSR count). The SMILES string of the molecule is CCC(N)Cc1ccccc1N1CCC2CCCCC2C1. The fraction of sp³-hybridized carbons (Fsp3) is 0.684. The van der Waals surface area contributed by atoms with E-state index in [2.05, 4.69) is 36.1 Å². The van der Waals surface area contributed by atoms with E-state index in [1.165, 1.54) is 56.4 Å². The summed E-state index contributed by atoms with van der Waals surface area (Å²) >= 11 is 0. The number of fused-ring (bicyclic) bond motifs is 1. The number of hydrogen-bond donors (Lipinski definition) is 1. The first-order valence-corrected chi connectivity index (χ1v) is 8.86. The average Bonchev–Trinajstić information content (AvgIpc) is 2.55. The molecule has 2 heteroatoms. The molecule has 3 atom stereocenters. The molecule has 1 heterocycles. The van der Waals surface area contributed by atoms with E-state index in [1.807, 2.05) is 0 Å². The number of benzene rings is 1. The van der Waals surface area contributed by atoms with Crippen molar-refractivity contribution >= 4 is 5.69 Å². The van der Waals surface area contributed by atoms with E-state index in [0.29, 0.717) is 6.04 Å². The summed E-state index contributed by atoms with van der Waals surface area (Å²) in [7, 11) is 0. The Hall–Kier alpha value is -1.02. The normalized spacial score (nSPS) is 27.2. The van der Waals surface area contributed by atoms with Gasteiger partial charge in [-0.05, 0) is 49.1 Å². The van der Waals surface area contributed by atoms with Crippen molar-refractivity contribution in [3.63, 3.8) is 0 Å². The van der Waals surface area contributed by atoms with Crippen molar-refractivity contribution in [2.45, 2.75) is 57.9 Å². The van der Waals surface area contributed by atoms with Crippen LogP contribution in [0.15, 0.2) is 24.3 Å². The maximum atomic E-state index is 6.19. The maximum Gasteiger partial charge on any atom is 0.0399 e. The van der Waals surface area contributed by atoms with Crippen LogP contribution in [0.25, 0.3) is 0 Å². The van der Waals surface area contributed by atoms with Gasteiger partial charge in [0.25, 0.3) is 0 Å². The zero-order chi connectivity index (χ0) is 14.7. The topological polar surface area (TPSA) is 29.3 Å². The number of rotatable bonds is 4. The molecule has 0 bridgehead atoms. The lowest BCUT2D eigenvalue weighted by Gasteiger charge is -2.43. The molecule has 116 valence electrons. The number of hydrogen-bond acceptors (Lipinski definition) is 2. The molecule has 3 unspecified atom stereocenters. The summed E-state index contributed by atoms with van der Waals surface area (Å²) in [5.74, 6) is 1.93. The van der Waals surface area contributed by atoms with Gasteiger partial charge in [0.15, 0.2) is 0 Å². The molecular weight excluding hydrogens is 256 g/mol. The third-order valence-corrected chi connectivity index (χ3v) is 5.63. The van der Waals surface area contributed by atoms with Crippen molar-refractivity contribution in [3.8, 4) is 0 Å². The Morgan fingerprint density at radius 2 is 1.90 bits per heavy atom. The molecule has 1 saturated heterocycles. The number of anilines is 1. The van der Waals surface area contributed by atoms with Gasteiger partial charge in [0.1, 0.15) is 0 Å². The first-order chi connectivity index (χ1) is 10.3. The minimum atomic E-state index is 0.290. The molecule has 2 N–H and O–H groups in total. The van der Waals surface area contributed by atoms with Crippen molar-refractivity contribution in [3.05, 3.63) is 29.8 Å². The molecule has 0 amide bonds. The highest BCUT2D eigenvalue weighted by Crippen LogP contribution is 2.38. The van der Waals surface area contributed by atoms with E-state index < -0.39 is 0 Å². The largest absolute Gasteiger partial charge is 0.371 e. The summed E-state index contributed by atoms with van der Waals surface area (Å²) in [6.07, 6.45) is 9.27. The first-order valence-electron chi connectivity index (χ1n) is 8.86. The molecule has 21 heavy (non-hydrogen) atoms. The molecule has 1 aliphatic heterocycles. The molecule has 1 saturated carbocycles. The Balaban J connectivity index is 1.74. The Morgan fingerprint density at radius 1 is 1.14 bits per heavy atom. The lowest BCUT2D eigenvalue weighted by atomic mass is 9.75. The van der Waals surface area contributed by atoms with Gasteiger partial charge in [-0.2, -0.15) is 0 Å². The number of nitrogens with two attached hydrogens (primary N) is 1. The van der Waals surface area contributed by atoms with Gasteiger partial charge in [-0.3, -0.25) is 0 Å². The quantitative estimate of drug-likeness (QED) is 0.907. The fourth-order valence-electron chi connectivity index (χ4n) is 4.24. The zero-order valence-corrected chi connectivity index (χ0v) is 13.4. The molecule has 0 aromatic heterocycles. The van der Waals surface area contributed by atoms with Gasteiger partial charge >= 0.3 is 0 Å². The monoisotopic (exact) mass is 286 g/mol. The minimum absolute atomic E-state index is 0.290. The van der Waals surface area contributed by atoms with Crippen LogP contribution in [0.2, 0.25) is 0 Å². The van der Waals surface area contributed by atoms with E-state index in [4.69, 9.17) is 5.73 Å². The molecule has 1 aliphatic carbocycles. The lowest BCUT2D eigenvalue weighted by molar-refractivity contribution is 0.202. The minimum Gasteiger partial charge on any atom is -0.371 e. The highest BCUT2D eigenvalue weighted by Gasteiger charge is 2.31. The van der Waals surface area contributed by atoms with Gasteiger partial charge < -0.3 is 10.6 Å². The highest BCUT2D eigenvalue weighted by atomic mass is 15.1. The van der Waals surface area contributed by atoms with Gasteiger partial charge in [0, 0.05) is 24.8 Å². The van der Waals surface area contributed by atoms with Crippen LogP contribution in [0.1, 0.15) is 51.0 Å². The van der Waals surface area contributed by atoms with Crippen LogP contribution in [0.3, 0.4) is 0 Å². The van der Waals surface area contributed by atoms with Crippen LogP contribution >= 0.6 is 0 Å². The van der Waals surface area contributed by atoms with Gasteiger partial charge in [-0.1, -0.05) is 44.4 Å². The van der Waals surface area contributed by atoms with Gasteiger partial charge in [0.2, 0.25) is 0 Å². The van der Waals surface area contributed by atoms with Crippen LogP contribution in [0.5, 0.6) is 0 Å². The molecule has 1 aromatic rings. The second-order valence-electron chi connectivity index (χ2n) is 7.04. The van der Waals surface area contributed by atoms with E-state index in [9.17, 15) is 0 Å². The second kappa shape index (κ2) is 6.83. The highest BCUT2D eigenvalue weighted by molar-refractivity contribution is 5.54. The van der Waals surface area contributed by atoms with E-state index in [-0.39, 0.29) is 0 Å². The first kappa shape index (κ1) is 14.9. The molecule has 2 nitrogen and oxygen atoms in total. The maximum absolute atomic E-state index is 6.19. The Morgan fingerprint density at radius 3 is 2.71 bits per heavy atom. The smallest absolute Gasteiger partial charge is 0.0399 e. The third kappa shape index (κ3) is 3.42. The predicted octanol–water partition coefficient (Wildman–Crippen LogP) is 3.98. The zero-order valence-electron chi connectivity index (χ0n) is 13.4. The van der Waals surface area contributed by atoms with E-state index >= 15 is 0 Å². The summed E-state index contributed by atoms with van der Waals surface area (Å²) in [5.41, 5.74) is 9.09. The summed E-state index contributed by atoms with van der Waals surface area (Å²) in [6.45, 7) is 4.68. The van der Waals surface area contributed by atoms with Crippen LogP contribution in [-0.2, 0) is 6.42 Å². The van der Waals surface area contributed by atoms with Crippen molar-refractivity contribution in [1.82, 2.24) is 0 Å². The van der Waals surface area contributed by atoms with Gasteiger partial charge in [-0.15, -0.1) is 0 Å². The molecule has 1 aromatic carbocycles. The van der Waals surface area contributed by atoms with Crippen molar-refractivity contribution < 1.29 is 0 Å². The summed E-state index contributed by atoms with van der Waals surface area (Å²) in [6, 6.07) is 9.22. The number of piperidine rings is 1. The van der Waals surface area contributed by atoms with Gasteiger partial charge in [-0.25, -0.2) is 0 Å². The molecule has 0 spiro atoms. The van der Waals surface area contributed by atoms with E-state index in [1.54, 1.807) is 0 Å². The lowest BCUT2D eigenvalue weighted by Crippen LogP contribution is -2.42. The Labute approximate surface area is 129 Å². The average molecular weight is 286 g/mol. The van der Waals surface area contributed by atoms with E-state index in [0.717, 1.165) is 24.7 Å². The molecule has 0 radical (unpaired) electrons. The second-order valence-corrected chi connectivity index (χ2v) is 7.04. The standard InChI is InChI=1S/C19H30N2/c1-2-18(20)13-16-8-5-6-10-19(16)21-12-11-15-7-3-4-9-17(15)14-21/h5-6,8,10,15,17-18H,2-4,7,9,11-14,20H2,1H3. The van der Waals surface area contributed by atoms with Crippen molar-refractivity contribution in [2.24, 2.45) is 17.6 Å². The van der Waals surface area contributed by atoms with Crippen LogP contribution < -0.4 is 10.6 Å². The summed E-state index contributed by atoms with van der Waals surface area (Å²) in [4.78, 5) is 2.64. The van der Waals surface area contributed by atoms with Crippen LogP contribution in [0, 0.1) is 11.8 Å². The van der Waals surface area contributed by atoms with Crippen molar-refractivity contribution in [2.75, 3.05) is 18.0 Å². The molecule has 2 aliphatic rings. The van der Waals surface area contributed by atoms with Crippen molar-refractivity contribution in [1.29, 1.82) is 0 Å². The van der Waals surface area contributed by atoms with Crippen LogP contribution in [-0.4, -0.2) is 19.1 Å². The summed E-state index contributed by atoms with van der Waals surface area (Å²) in [5, 5.41) is 0. The third-order valence-electron chi connectivity index (χ3n) is 5.63. The summed E-state index contributed by atoms with van der Waals surface area (Å²) < 4.78 is 0. The Kier molecular flexibility index (Phi) is 4.84. The molecular formula is C19H30N2. The molecule has 2 fully saturated rings. The number of nitrogens with zero attached hydrogens (tertiary/aromatic N) is 1. The number of para-hydroxylation sites is 1. The van der Waals surface area contributed by atoms with Gasteiger partial charge in [0.05, 0.1) is 0 Å². The fourth-order valence-corrected chi connectivity index (χ4v) is 4.24. The Bertz CT molecular complexity index is 457. The predicted molar refractivity (Wildman–Crippen MR) is 90.7 cm³/mol. The van der Waals surface area contributed by atoms with Crippen LogP contribution in [0.4, 0.5) is 5.69 Å².